The lowest BCUT2D eigenvalue weighted by molar-refractivity contribution is -0.149. The second kappa shape index (κ2) is 7.83. The van der Waals surface area contributed by atoms with E-state index in [9.17, 15) is 9.59 Å². The van der Waals surface area contributed by atoms with Gasteiger partial charge in [-0.15, -0.1) is 0 Å². The van der Waals surface area contributed by atoms with Gasteiger partial charge in [-0.1, -0.05) is 6.42 Å². The molecule has 3 rings (SSSR count). The van der Waals surface area contributed by atoms with Gasteiger partial charge in [-0.25, -0.2) is 0 Å². The fraction of sp³-hybridized carbons (Fsp3) is 0.889. The molecule has 2 heterocycles. The normalized spacial score (nSPS) is 34.9. The zero-order valence-electron chi connectivity index (χ0n) is 14.9. The van der Waals surface area contributed by atoms with Gasteiger partial charge in [0.05, 0.1) is 38.5 Å². The number of amides is 2. The van der Waals surface area contributed by atoms with Crippen molar-refractivity contribution in [1.82, 2.24) is 9.80 Å². The molecule has 136 valence electrons. The largest absolute Gasteiger partial charge is 0.377 e. The highest BCUT2D eigenvalue weighted by Gasteiger charge is 2.38. The van der Waals surface area contributed by atoms with Crippen LogP contribution in [0.2, 0.25) is 0 Å². The van der Waals surface area contributed by atoms with Gasteiger partial charge in [-0.2, -0.15) is 0 Å². The maximum absolute atomic E-state index is 12.9. The summed E-state index contributed by atoms with van der Waals surface area (Å²) in [6.45, 7) is 7.91. The van der Waals surface area contributed by atoms with Crippen LogP contribution in [0.5, 0.6) is 0 Å². The van der Waals surface area contributed by atoms with E-state index < -0.39 is 0 Å². The lowest BCUT2D eigenvalue weighted by Gasteiger charge is -2.40. The second-order valence-corrected chi connectivity index (χ2v) is 7.47. The Bertz CT molecular complexity index is 430. The summed E-state index contributed by atoms with van der Waals surface area (Å²) in [5, 5.41) is 0. The molecule has 24 heavy (non-hydrogen) atoms. The molecule has 0 spiro atoms. The molecule has 4 atom stereocenters. The first-order valence-corrected chi connectivity index (χ1v) is 9.34. The van der Waals surface area contributed by atoms with E-state index in [1.807, 2.05) is 23.6 Å². The molecule has 0 aromatic heterocycles. The van der Waals surface area contributed by atoms with Crippen LogP contribution < -0.4 is 0 Å². The topological polar surface area (TPSA) is 59.1 Å². The first-order chi connectivity index (χ1) is 11.6. The predicted octanol–water partition coefficient (Wildman–Crippen LogP) is 1.29. The average molecular weight is 338 g/mol. The van der Waals surface area contributed by atoms with Crippen LogP contribution in [0.4, 0.5) is 0 Å². The maximum Gasteiger partial charge on any atom is 0.226 e. The zero-order chi connectivity index (χ0) is 17.1. The van der Waals surface area contributed by atoms with E-state index in [1.54, 1.807) is 0 Å². The average Bonchev–Trinajstić information content (AvgIpc) is 2.61. The third-order valence-electron chi connectivity index (χ3n) is 5.67. The van der Waals surface area contributed by atoms with Gasteiger partial charge in [0.25, 0.3) is 0 Å². The molecule has 0 radical (unpaired) electrons. The van der Waals surface area contributed by atoms with Gasteiger partial charge in [0, 0.05) is 24.9 Å². The molecular weight excluding hydrogens is 308 g/mol. The van der Waals surface area contributed by atoms with E-state index >= 15 is 0 Å². The van der Waals surface area contributed by atoms with Crippen molar-refractivity contribution in [1.29, 1.82) is 0 Å². The van der Waals surface area contributed by atoms with Crippen LogP contribution in [0.25, 0.3) is 0 Å². The van der Waals surface area contributed by atoms with E-state index in [2.05, 4.69) is 0 Å². The summed E-state index contributed by atoms with van der Waals surface area (Å²) in [6, 6.07) is 0.281. The number of ether oxygens (including phenoxy) is 2. The molecule has 0 aromatic rings. The van der Waals surface area contributed by atoms with E-state index in [1.165, 1.54) is 0 Å². The van der Waals surface area contributed by atoms with Gasteiger partial charge in [0.1, 0.15) is 0 Å². The molecule has 1 saturated carbocycles. The van der Waals surface area contributed by atoms with Crippen LogP contribution in [0, 0.1) is 11.8 Å². The number of morpholine rings is 2. The highest BCUT2D eigenvalue weighted by molar-refractivity contribution is 5.83. The lowest BCUT2D eigenvalue weighted by Crippen LogP contribution is -2.52. The second-order valence-electron chi connectivity index (χ2n) is 7.47. The van der Waals surface area contributed by atoms with Crippen LogP contribution in [-0.4, -0.2) is 73.2 Å². The smallest absolute Gasteiger partial charge is 0.226 e. The molecule has 0 aromatic carbocycles. The molecule has 0 bridgehead atoms. The Morgan fingerprint density at radius 1 is 0.833 bits per heavy atom. The summed E-state index contributed by atoms with van der Waals surface area (Å²) in [5.41, 5.74) is 0. The van der Waals surface area contributed by atoms with Crippen molar-refractivity contribution in [3.05, 3.63) is 0 Å². The highest BCUT2D eigenvalue weighted by atomic mass is 16.5. The van der Waals surface area contributed by atoms with Gasteiger partial charge < -0.3 is 19.3 Å². The Hall–Kier alpha value is -1.14. The summed E-state index contributed by atoms with van der Waals surface area (Å²) >= 11 is 0. The number of rotatable bonds is 2. The number of nitrogens with zero attached hydrogens (tertiary/aromatic N) is 2. The Labute approximate surface area is 144 Å². The Morgan fingerprint density at radius 2 is 1.29 bits per heavy atom. The summed E-state index contributed by atoms with van der Waals surface area (Å²) in [7, 11) is 0. The van der Waals surface area contributed by atoms with Gasteiger partial charge in [-0.05, 0) is 33.1 Å². The van der Waals surface area contributed by atoms with Crippen molar-refractivity contribution in [3.8, 4) is 0 Å². The molecule has 0 unspecified atom stereocenters. The Kier molecular flexibility index (Phi) is 5.76. The summed E-state index contributed by atoms with van der Waals surface area (Å²) in [4.78, 5) is 29.7. The zero-order valence-corrected chi connectivity index (χ0v) is 14.9. The minimum atomic E-state index is -0.00963. The van der Waals surface area contributed by atoms with Gasteiger partial charge in [0.2, 0.25) is 11.8 Å². The fourth-order valence-corrected chi connectivity index (χ4v) is 4.22. The van der Waals surface area contributed by atoms with Crippen LogP contribution in [0.3, 0.4) is 0 Å². The number of hydrogen-bond acceptors (Lipinski definition) is 4. The molecular formula is C18H30N2O4. The van der Waals surface area contributed by atoms with E-state index in [4.69, 9.17) is 9.47 Å². The van der Waals surface area contributed by atoms with Crippen molar-refractivity contribution in [2.45, 2.75) is 51.6 Å². The van der Waals surface area contributed by atoms with Crippen molar-refractivity contribution in [2.24, 2.45) is 11.8 Å². The minimum Gasteiger partial charge on any atom is -0.377 e. The highest BCUT2D eigenvalue weighted by Crippen LogP contribution is 2.33. The quantitative estimate of drug-likeness (QED) is 0.761. The van der Waals surface area contributed by atoms with Crippen molar-refractivity contribution < 1.29 is 19.1 Å². The third-order valence-corrected chi connectivity index (χ3v) is 5.67. The maximum atomic E-state index is 12.9. The Morgan fingerprint density at radius 3 is 1.71 bits per heavy atom. The van der Waals surface area contributed by atoms with Crippen LogP contribution in [0.15, 0.2) is 0 Å². The van der Waals surface area contributed by atoms with Crippen LogP contribution in [-0.2, 0) is 19.1 Å². The van der Waals surface area contributed by atoms with Crippen molar-refractivity contribution >= 4 is 11.8 Å². The van der Waals surface area contributed by atoms with Crippen LogP contribution in [0.1, 0.15) is 39.5 Å². The van der Waals surface area contributed by atoms with Gasteiger partial charge >= 0.3 is 0 Å². The fourth-order valence-electron chi connectivity index (χ4n) is 4.22. The third kappa shape index (κ3) is 3.75. The van der Waals surface area contributed by atoms with Crippen LogP contribution >= 0.6 is 0 Å². The SMILES string of the molecule is C[C@@H]1COCCN1C(=O)[C@@H]1CCC[C@@H](C(=O)N2CCOC[C@@H]2C)C1. The Balaban J connectivity index is 1.61. The molecule has 1 aliphatic carbocycles. The predicted molar refractivity (Wildman–Crippen MR) is 89.4 cm³/mol. The van der Waals surface area contributed by atoms with Crippen molar-refractivity contribution in [3.63, 3.8) is 0 Å². The molecule has 3 fully saturated rings. The van der Waals surface area contributed by atoms with E-state index in [0.717, 1.165) is 19.3 Å². The summed E-state index contributed by atoms with van der Waals surface area (Å²) in [5.74, 6) is 0.422. The number of hydrogen-bond donors (Lipinski definition) is 0. The standard InChI is InChI=1S/C18H30N2O4/c1-13-11-23-8-6-19(13)17(21)15-4-3-5-16(10-15)18(22)20-7-9-24-12-14(20)2/h13-16H,3-12H2,1-2H3/t13-,14+,15-,16-/m1/s1. The summed E-state index contributed by atoms with van der Waals surface area (Å²) < 4.78 is 10.9. The van der Waals surface area contributed by atoms with E-state index in [-0.39, 0.29) is 35.7 Å². The molecule has 0 N–H and O–H groups in total. The first kappa shape index (κ1) is 17.7. The number of carbonyl (C=O) groups is 2. The first-order valence-electron chi connectivity index (χ1n) is 9.34. The molecule has 2 aliphatic heterocycles. The van der Waals surface area contributed by atoms with Gasteiger partial charge in [-0.3, -0.25) is 9.59 Å². The summed E-state index contributed by atoms with van der Waals surface area (Å²) in [6.07, 6.45) is 3.48. The number of carbonyl (C=O) groups excluding carboxylic acids is 2. The van der Waals surface area contributed by atoms with E-state index in [0.29, 0.717) is 45.9 Å². The monoisotopic (exact) mass is 338 g/mol. The molecule has 2 amide bonds. The molecule has 6 nitrogen and oxygen atoms in total. The molecule has 2 saturated heterocycles. The van der Waals surface area contributed by atoms with Crippen molar-refractivity contribution in [2.75, 3.05) is 39.5 Å². The lowest BCUT2D eigenvalue weighted by atomic mass is 9.79. The minimum absolute atomic E-state index is 0.00963. The van der Waals surface area contributed by atoms with Gasteiger partial charge in [0.15, 0.2) is 0 Å². The molecule has 3 aliphatic rings. The molecule has 6 heteroatoms.